The first kappa shape index (κ1) is 53.1. The Hall–Kier alpha value is -1.85. The van der Waals surface area contributed by atoms with Crippen LogP contribution in [0.3, 0.4) is 0 Å². The van der Waals surface area contributed by atoms with Gasteiger partial charge in [-0.3, -0.25) is 14.4 Å². The molecule has 0 spiro atoms. The number of hydrogen-bond acceptors (Lipinski definition) is 6. The molecule has 1 atom stereocenters. The zero-order chi connectivity index (χ0) is 40.1. The molecule has 0 fully saturated rings. The zero-order valence-corrected chi connectivity index (χ0v) is 37.0. The molecule has 0 saturated carbocycles. The minimum atomic E-state index is -0.764. The van der Waals surface area contributed by atoms with E-state index in [0.29, 0.717) is 19.3 Å². The molecule has 0 saturated heterocycles. The van der Waals surface area contributed by atoms with Crippen LogP contribution in [0.2, 0.25) is 0 Å². The highest BCUT2D eigenvalue weighted by Gasteiger charge is 2.19. The average molecular weight is 777 g/mol. The Morgan fingerprint density at radius 3 is 0.909 bits per heavy atom. The van der Waals surface area contributed by atoms with E-state index in [0.717, 1.165) is 64.2 Å². The van der Waals surface area contributed by atoms with Crippen LogP contribution >= 0.6 is 0 Å². The largest absolute Gasteiger partial charge is 0.462 e. The van der Waals surface area contributed by atoms with E-state index in [-0.39, 0.29) is 31.1 Å². The number of carbonyl (C=O) groups excluding carboxylic acids is 3. The van der Waals surface area contributed by atoms with Crippen LogP contribution in [-0.2, 0) is 28.6 Å². The van der Waals surface area contributed by atoms with E-state index in [2.05, 4.69) is 32.9 Å². The maximum atomic E-state index is 12.7. The molecule has 0 aromatic rings. The molecule has 55 heavy (non-hydrogen) atoms. The van der Waals surface area contributed by atoms with Crippen LogP contribution in [0.25, 0.3) is 0 Å². The normalized spacial score (nSPS) is 12.0. The second-order valence-corrected chi connectivity index (χ2v) is 16.4. The number of hydrogen-bond donors (Lipinski definition) is 0. The van der Waals surface area contributed by atoms with E-state index in [1.54, 1.807) is 0 Å². The predicted octanol–water partition coefficient (Wildman–Crippen LogP) is 15.4. The van der Waals surface area contributed by atoms with Crippen molar-refractivity contribution in [1.29, 1.82) is 0 Å². The molecule has 0 amide bonds. The summed E-state index contributed by atoms with van der Waals surface area (Å²) in [4.78, 5) is 37.8. The first-order chi connectivity index (χ1) is 27.0. The van der Waals surface area contributed by atoms with Gasteiger partial charge in [-0.1, -0.05) is 213 Å². The highest BCUT2D eigenvalue weighted by molar-refractivity contribution is 5.71. The summed E-state index contributed by atoms with van der Waals surface area (Å²) in [6.07, 6.45) is 47.6. The molecule has 0 heterocycles. The summed E-state index contributed by atoms with van der Waals surface area (Å²) in [7, 11) is 0. The van der Waals surface area contributed by atoms with Gasteiger partial charge in [0.15, 0.2) is 6.10 Å². The summed E-state index contributed by atoms with van der Waals surface area (Å²) < 4.78 is 16.7. The van der Waals surface area contributed by atoms with E-state index >= 15 is 0 Å². The highest BCUT2D eigenvalue weighted by atomic mass is 16.6. The summed E-state index contributed by atoms with van der Waals surface area (Å²) >= 11 is 0. The first-order valence-electron chi connectivity index (χ1n) is 24.2. The minimum Gasteiger partial charge on any atom is -0.462 e. The Kier molecular flexibility index (Phi) is 43.4. The minimum absolute atomic E-state index is 0.0679. The van der Waals surface area contributed by atoms with E-state index in [9.17, 15) is 14.4 Å². The standard InChI is InChI=1S/C49H92O6/c1-4-7-10-13-16-19-22-23-24-25-28-30-33-36-39-42-48(51)54-45-46(55-49(52)43-40-37-34-31-27-21-18-15-12-9-6-3)44-53-47(50)41-38-35-32-29-26-20-17-14-11-8-5-2/h23-24,46H,4-22,25-45H2,1-3H3/b24-23-. The van der Waals surface area contributed by atoms with E-state index in [1.165, 1.54) is 161 Å². The second kappa shape index (κ2) is 44.9. The zero-order valence-electron chi connectivity index (χ0n) is 37.0. The molecule has 0 aliphatic rings. The molecular formula is C49H92O6. The monoisotopic (exact) mass is 777 g/mol. The fourth-order valence-corrected chi connectivity index (χ4v) is 7.08. The van der Waals surface area contributed by atoms with Crippen molar-refractivity contribution < 1.29 is 28.6 Å². The Labute approximate surface area is 341 Å². The smallest absolute Gasteiger partial charge is 0.306 e. The fraction of sp³-hybridized carbons (Fsp3) is 0.898. The van der Waals surface area contributed by atoms with Crippen LogP contribution in [0.15, 0.2) is 12.2 Å². The summed E-state index contributed by atoms with van der Waals surface area (Å²) in [6.45, 7) is 6.63. The molecular weight excluding hydrogens is 685 g/mol. The maximum Gasteiger partial charge on any atom is 0.306 e. The Morgan fingerprint density at radius 2 is 0.600 bits per heavy atom. The van der Waals surface area contributed by atoms with Gasteiger partial charge < -0.3 is 14.2 Å². The van der Waals surface area contributed by atoms with Crippen LogP contribution in [0.1, 0.15) is 265 Å². The van der Waals surface area contributed by atoms with Gasteiger partial charge in [0.1, 0.15) is 13.2 Å². The van der Waals surface area contributed by atoms with Gasteiger partial charge in [0.05, 0.1) is 0 Å². The van der Waals surface area contributed by atoms with Crippen molar-refractivity contribution in [1.82, 2.24) is 0 Å². The lowest BCUT2D eigenvalue weighted by molar-refractivity contribution is -0.167. The highest BCUT2D eigenvalue weighted by Crippen LogP contribution is 2.15. The van der Waals surface area contributed by atoms with Gasteiger partial charge in [0, 0.05) is 19.3 Å². The van der Waals surface area contributed by atoms with Gasteiger partial charge in [-0.15, -0.1) is 0 Å². The second-order valence-electron chi connectivity index (χ2n) is 16.4. The lowest BCUT2D eigenvalue weighted by Crippen LogP contribution is -2.30. The van der Waals surface area contributed by atoms with Crippen molar-refractivity contribution in [3.05, 3.63) is 12.2 Å². The first-order valence-corrected chi connectivity index (χ1v) is 24.2. The van der Waals surface area contributed by atoms with Gasteiger partial charge in [-0.2, -0.15) is 0 Å². The van der Waals surface area contributed by atoms with Crippen LogP contribution in [0, 0.1) is 0 Å². The number of ether oxygens (including phenoxy) is 3. The fourth-order valence-electron chi connectivity index (χ4n) is 7.08. The quantitative estimate of drug-likeness (QED) is 0.0265. The van der Waals surface area contributed by atoms with Gasteiger partial charge in [-0.25, -0.2) is 0 Å². The van der Waals surface area contributed by atoms with Gasteiger partial charge in [-0.05, 0) is 44.9 Å². The van der Waals surface area contributed by atoms with Crippen molar-refractivity contribution in [3.8, 4) is 0 Å². The van der Waals surface area contributed by atoms with Crippen LogP contribution < -0.4 is 0 Å². The molecule has 0 N–H and O–H groups in total. The number of unbranched alkanes of at least 4 members (excludes halogenated alkanes) is 31. The molecule has 324 valence electrons. The topological polar surface area (TPSA) is 78.9 Å². The Balaban J connectivity index is 4.32. The van der Waals surface area contributed by atoms with Crippen LogP contribution in [-0.4, -0.2) is 37.2 Å². The summed E-state index contributed by atoms with van der Waals surface area (Å²) in [5.41, 5.74) is 0. The van der Waals surface area contributed by atoms with Gasteiger partial charge >= 0.3 is 17.9 Å². The molecule has 0 aromatic heterocycles. The van der Waals surface area contributed by atoms with Gasteiger partial charge in [0.2, 0.25) is 0 Å². The van der Waals surface area contributed by atoms with Crippen molar-refractivity contribution >= 4 is 17.9 Å². The molecule has 0 aliphatic carbocycles. The van der Waals surface area contributed by atoms with Crippen molar-refractivity contribution in [3.63, 3.8) is 0 Å². The molecule has 0 aliphatic heterocycles. The molecule has 6 nitrogen and oxygen atoms in total. The number of carbonyl (C=O) groups is 3. The lowest BCUT2D eigenvalue weighted by atomic mass is 10.1. The average Bonchev–Trinajstić information content (AvgIpc) is 3.18. The third-order valence-electron chi connectivity index (χ3n) is 10.8. The van der Waals surface area contributed by atoms with Crippen LogP contribution in [0.5, 0.6) is 0 Å². The van der Waals surface area contributed by atoms with Crippen molar-refractivity contribution in [2.45, 2.75) is 271 Å². The Morgan fingerprint density at radius 1 is 0.345 bits per heavy atom. The molecule has 6 heteroatoms. The summed E-state index contributed by atoms with van der Waals surface area (Å²) in [5.74, 6) is -0.867. The predicted molar refractivity (Wildman–Crippen MR) is 233 cm³/mol. The SMILES string of the molecule is CCCCCCCC/C=C\CCCCCCCC(=O)OCC(COC(=O)CCCCCCCCCCCCC)OC(=O)CCCCCCCCCCCCC. The summed E-state index contributed by atoms with van der Waals surface area (Å²) in [5, 5.41) is 0. The number of allylic oxidation sites excluding steroid dienone is 2. The van der Waals surface area contributed by atoms with E-state index in [4.69, 9.17) is 14.2 Å². The molecule has 0 aromatic carbocycles. The third-order valence-corrected chi connectivity index (χ3v) is 10.8. The number of esters is 3. The van der Waals surface area contributed by atoms with Crippen molar-refractivity contribution in [2.75, 3.05) is 13.2 Å². The molecule has 1 unspecified atom stereocenters. The van der Waals surface area contributed by atoms with E-state index < -0.39 is 6.10 Å². The van der Waals surface area contributed by atoms with Gasteiger partial charge in [0.25, 0.3) is 0 Å². The van der Waals surface area contributed by atoms with Crippen molar-refractivity contribution in [2.24, 2.45) is 0 Å². The number of rotatable bonds is 44. The maximum absolute atomic E-state index is 12.7. The lowest BCUT2D eigenvalue weighted by Gasteiger charge is -2.18. The molecule has 0 bridgehead atoms. The third kappa shape index (κ3) is 43.1. The molecule has 0 radical (unpaired) electrons. The molecule has 0 rings (SSSR count). The van der Waals surface area contributed by atoms with Crippen LogP contribution in [0.4, 0.5) is 0 Å². The summed E-state index contributed by atoms with van der Waals surface area (Å²) in [6, 6.07) is 0. The Bertz CT molecular complexity index is 854. The van der Waals surface area contributed by atoms with E-state index in [1.807, 2.05) is 0 Å².